The second kappa shape index (κ2) is 6.21. The van der Waals surface area contributed by atoms with E-state index in [0.29, 0.717) is 6.61 Å². The number of nitrogens with two attached hydrogens (primary N) is 1. The SMILES string of the molecule is CCn1cc(COc2cc(Br)ccc2[C@@H](C)N)cn1. The van der Waals surface area contributed by atoms with Gasteiger partial charge in [-0.3, -0.25) is 4.68 Å². The minimum atomic E-state index is -0.0542. The highest BCUT2D eigenvalue weighted by molar-refractivity contribution is 9.10. The average Bonchev–Trinajstić information content (AvgIpc) is 2.84. The molecule has 0 aliphatic rings. The molecule has 0 fully saturated rings. The Hall–Kier alpha value is -1.33. The zero-order valence-electron chi connectivity index (χ0n) is 11.1. The van der Waals surface area contributed by atoms with Crippen LogP contribution >= 0.6 is 15.9 Å². The third-order valence-corrected chi connectivity index (χ3v) is 3.36. The highest BCUT2D eigenvalue weighted by Crippen LogP contribution is 2.28. The Morgan fingerprint density at radius 3 is 2.89 bits per heavy atom. The normalized spacial score (nSPS) is 12.4. The fourth-order valence-electron chi connectivity index (χ4n) is 1.82. The average molecular weight is 324 g/mol. The molecule has 5 heteroatoms. The van der Waals surface area contributed by atoms with Crippen LogP contribution in [0.5, 0.6) is 5.75 Å². The molecular formula is C14H18BrN3O. The van der Waals surface area contributed by atoms with Crippen molar-refractivity contribution < 1.29 is 4.74 Å². The number of rotatable bonds is 5. The van der Waals surface area contributed by atoms with Crippen LogP contribution in [0.1, 0.15) is 31.0 Å². The molecule has 102 valence electrons. The first-order valence-electron chi connectivity index (χ1n) is 6.29. The van der Waals surface area contributed by atoms with Gasteiger partial charge in [0.2, 0.25) is 0 Å². The number of aryl methyl sites for hydroxylation is 1. The lowest BCUT2D eigenvalue weighted by atomic mass is 10.1. The predicted octanol–water partition coefficient (Wildman–Crippen LogP) is 3.26. The zero-order valence-corrected chi connectivity index (χ0v) is 12.7. The Balaban J connectivity index is 2.12. The van der Waals surface area contributed by atoms with Crippen LogP contribution in [0.2, 0.25) is 0 Å². The minimum absolute atomic E-state index is 0.0542. The molecule has 0 aliphatic carbocycles. The summed E-state index contributed by atoms with van der Waals surface area (Å²) in [5, 5.41) is 4.22. The first-order chi connectivity index (χ1) is 9.10. The molecule has 0 saturated heterocycles. The van der Waals surface area contributed by atoms with Gasteiger partial charge in [-0.1, -0.05) is 22.0 Å². The highest BCUT2D eigenvalue weighted by Gasteiger charge is 2.09. The topological polar surface area (TPSA) is 53.1 Å². The number of hydrogen-bond acceptors (Lipinski definition) is 3. The van der Waals surface area contributed by atoms with E-state index in [4.69, 9.17) is 10.5 Å². The second-order valence-corrected chi connectivity index (χ2v) is 5.38. The van der Waals surface area contributed by atoms with Crippen molar-refractivity contribution in [1.82, 2.24) is 9.78 Å². The van der Waals surface area contributed by atoms with Crippen LogP contribution in [0.4, 0.5) is 0 Å². The molecule has 4 nitrogen and oxygen atoms in total. The molecule has 0 unspecified atom stereocenters. The van der Waals surface area contributed by atoms with Crippen molar-refractivity contribution in [2.24, 2.45) is 5.73 Å². The summed E-state index contributed by atoms with van der Waals surface area (Å²) in [5.74, 6) is 0.814. The van der Waals surface area contributed by atoms with E-state index in [9.17, 15) is 0 Å². The summed E-state index contributed by atoms with van der Waals surface area (Å²) in [5.41, 5.74) is 8.01. The lowest BCUT2D eigenvalue weighted by Gasteiger charge is -2.14. The van der Waals surface area contributed by atoms with Crippen LogP contribution in [0.25, 0.3) is 0 Å². The smallest absolute Gasteiger partial charge is 0.125 e. The van der Waals surface area contributed by atoms with Crippen LogP contribution in [-0.2, 0) is 13.2 Å². The number of halogens is 1. The maximum atomic E-state index is 5.95. The molecule has 1 atom stereocenters. The van der Waals surface area contributed by atoms with E-state index in [-0.39, 0.29) is 6.04 Å². The largest absolute Gasteiger partial charge is 0.488 e. The van der Waals surface area contributed by atoms with Crippen molar-refractivity contribution in [2.75, 3.05) is 0 Å². The fourth-order valence-corrected chi connectivity index (χ4v) is 2.16. The van der Waals surface area contributed by atoms with Crippen molar-refractivity contribution in [3.8, 4) is 5.75 Å². The van der Waals surface area contributed by atoms with Gasteiger partial charge in [-0.25, -0.2) is 0 Å². The van der Waals surface area contributed by atoms with E-state index < -0.39 is 0 Å². The number of aromatic nitrogens is 2. The number of hydrogen-bond donors (Lipinski definition) is 1. The predicted molar refractivity (Wildman–Crippen MR) is 79.0 cm³/mol. The van der Waals surface area contributed by atoms with E-state index in [1.807, 2.05) is 42.2 Å². The summed E-state index contributed by atoms with van der Waals surface area (Å²) < 4.78 is 8.72. The van der Waals surface area contributed by atoms with Gasteiger partial charge >= 0.3 is 0 Å². The summed E-state index contributed by atoms with van der Waals surface area (Å²) in [6.07, 6.45) is 3.82. The quantitative estimate of drug-likeness (QED) is 0.918. The minimum Gasteiger partial charge on any atom is -0.488 e. The molecule has 2 rings (SSSR count). The molecule has 0 aliphatic heterocycles. The van der Waals surface area contributed by atoms with Crippen LogP contribution in [0.3, 0.4) is 0 Å². The number of ether oxygens (including phenoxy) is 1. The van der Waals surface area contributed by atoms with Crippen LogP contribution in [0.15, 0.2) is 35.1 Å². The lowest BCUT2D eigenvalue weighted by Crippen LogP contribution is -2.08. The molecule has 1 aromatic heterocycles. The molecular weight excluding hydrogens is 306 g/mol. The van der Waals surface area contributed by atoms with Crippen LogP contribution in [-0.4, -0.2) is 9.78 Å². The van der Waals surface area contributed by atoms with Gasteiger partial charge in [-0.2, -0.15) is 5.10 Å². The summed E-state index contributed by atoms with van der Waals surface area (Å²) in [7, 11) is 0. The van der Waals surface area contributed by atoms with Gasteiger partial charge in [0.15, 0.2) is 0 Å². The Morgan fingerprint density at radius 1 is 1.47 bits per heavy atom. The van der Waals surface area contributed by atoms with Crippen molar-refractivity contribution >= 4 is 15.9 Å². The van der Waals surface area contributed by atoms with E-state index in [2.05, 4.69) is 28.0 Å². The van der Waals surface area contributed by atoms with E-state index in [0.717, 1.165) is 27.9 Å². The van der Waals surface area contributed by atoms with Crippen LogP contribution < -0.4 is 10.5 Å². The number of benzene rings is 1. The molecule has 19 heavy (non-hydrogen) atoms. The molecule has 0 radical (unpaired) electrons. The van der Waals surface area contributed by atoms with Gasteiger partial charge in [-0.15, -0.1) is 0 Å². The molecule has 2 aromatic rings. The first kappa shape index (κ1) is 14.1. The van der Waals surface area contributed by atoms with Crippen molar-refractivity contribution in [3.63, 3.8) is 0 Å². The second-order valence-electron chi connectivity index (χ2n) is 4.46. The van der Waals surface area contributed by atoms with Gasteiger partial charge in [0.1, 0.15) is 12.4 Å². The zero-order chi connectivity index (χ0) is 13.8. The van der Waals surface area contributed by atoms with Crippen molar-refractivity contribution in [3.05, 3.63) is 46.2 Å². The highest BCUT2D eigenvalue weighted by atomic mass is 79.9. The summed E-state index contributed by atoms with van der Waals surface area (Å²) in [4.78, 5) is 0. The van der Waals surface area contributed by atoms with E-state index >= 15 is 0 Å². The Morgan fingerprint density at radius 2 is 2.26 bits per heavy atom. The third-order valence-electron chi connectivity index (χ3n) is 2.87. The van der Waals surface area contributed by atoms with Crippen molar-refractivity contribution in [1.29, 1.82) is 0 Å². The third kappa shape index (κ3) is 3.58. The van der Waals surface area contributed by atoms with Crippen LogP contribution in [0, 0.1) is 0 Å². The summed E-state index contributed by atoms with van der Waals surface area (Å²) in [6, 6.07) is 5.85. The molecule has 0 bridgehead atoms. The molecule has 1 heterocycles. The molecule has 0 amide bonds. The summed E-state index contributed by atoms with van der Waals surface area (Å²) >= 11 is 3.45. The summed E-state index contributed by atoms with van der Waals surface area (Å²) in [6.45, 7) is 5.36. The Bertz CT molecular complexity index is 551. The Labute approximate surface area is 121 Å². The lowest BCUT2D eigenvalue weighted by molar-refractivity contribution is 0.301. The number of nitrogens with zero attached hydrogens (tertiary/aromatic N) is 2. The van der Waals surface area contributed by atoms with Crippen molar-refractivity contribution in [2.45, 2.75) is 33.0 Å². The van der Waals surface area contributed by atoms with Gasteiger partial charge in [0.25, 0.3) is 0 Å². The van der Waals surface area contributed by atoms with Gasteiger partial charge < -0.3 is 10.5 Å². The Kier molecular flexibility index (Phi) is 4.61. The first-order valence-corrected chi connectivity index (χ1v) is 7.08. The molecule has 1 aromatic carbocycles. The fraction of sp³-hybridized carbons (Fsp3) is 0.357. The monoisotopic (exact) mass is 323 g/mol. The maximum Gasteiger partial charge on any atom is 0.125 e. The molecule has 0 saturated carbocycles. The van der Waals surface area contributed by atoms with E-state index in [1.54, 1.807) is 0 Å². The van der Waals surface area contributed by atoms with Gasteiger partial charge in [0, 0.05) is 34.4 Å². The molecule has 2 N–H and O–H groups in total. The maximum absolute atomic E-state index is 5.95. The van der Waals surface area contributed by atoms with E-state index in [1.165, 1.54) is 0 Å². The standard InChI is InChI=1S/C14H18BrN3O/c1-3-18-8-11(7-17-18)9-19-14-6-12(15)4-5-13(14)10(2)16/h4-8,10H,3,9,16H2,1-2H3/t10-/m1/s1. The molecule has 0 spiro atoms. The van der Waals surface area contributed by atoms with Gasteiger partial charge in [-0.05, 0) is 26.0 Å². The van der Waals surface area contributed by atoms with Gasteiger partial charge in [0.05, 0.1) is 6.20 Å².